The molecule has 27 heavy (non-hydrogen) atoms. The van der Waals surface area contributed by atoms with Crippen LogP contribution < -0.4 is 9.46 Å². The Hall–Kier alpha value is -2.64. The summed E-state index contributed by atoms with van der Waals surface area (Å²) < 4.78 is 38.4. The zero-order valence-corrected chi connectivity index (χ0v) is 16.3. The molecular weight excluding hydrogens is 364 g/mol. The molecule has 1 heterocycles. The van der Waals surface area contributed by atoms with Gasteiger partial charge in [-0.1, -0.05) is 30.3 Å². The smallest absolute Gasteiger partial charge is 0.240 e. The Morgan fingerprint density at radius 2 is 1.78 bits per heavy atom. The number of ether oxygens (including phenoxy) is 1. The number of benzene rings is 2. The molecule has 0 saturated carbocycles. The fourth-order valence-corrected chi connectivity index (χ4v) is 3.93. The minimum atomic E-state index is -3.59. The molecular formula is C20H22N2O4S. The van der Waals surface area contributed by atoms with Crippen molar-refractivity contribution in [3.63, 3.8) is 0 Å². The number of hydrogen-bond donors (Lipinski definition) is 1. The Bertz CT molecular complexity index is 1020. The summed E-state index contributed by atoms with van der Waals surface area (Å²) in [5, 5.41) is 0. The van der Waals surface area contributed by atoms with Crippen LogP contribution >= 0.6 is 0 Å². The third-order valence-corrected chi connectivity index (χ3v) is 5.70. The van der Waals surface area contributed by atoms with Gasteiger partial charge < -0.3 is 9.15 Å². The van der Waals surface area contributed by atoms with Crippen molar-refractivity contribution in [1.29, 1.82) is 0 Å². The molecule has 0 fully saturated rings. The summed E-state index contributed by atoms with van der Waals surface area (Å²) in [6.45, 7) is 3.90. The molecule has 0 bridgehead atoms. The lowest BCUT2D eigenvalue weighted by Gasteiger charge is -2.10. The van der Waals surface area contributed by atoms with Crippen LogP contribution in [0.15, 0.2) is 57.8 Å². The van der Waals surface area contributed by atoms with Crippen LogP contribution in [-0.2, 0) is 16.4 Å². The van der Waals surface area contributed by atoms with Crippen LogP contribution in [0.4, 0.5) is 0 Å². The summed E-state index contributed by atoms with van der Waals surface area (Å²) >= 11 is 0. The highest BCUT2D eigenvalue weighted by molar-refractivity contribution is 7.89. The minimum absolute atomic E-state index is 0.212. The predicted octanol–water partition coefficient (Wildman–Crippen LogP) is 3.49. The van der Waals surface area contributed by atoms with E-state index in [2.05, 4.69) is 9.71 Å². The van der Waals surface area contributed by atoms with Crippen molar-refractivity contribution >= 4 is 10.0 Å². The van der Waals surface area contributed by atoms with Gasteiger partial charge >= 0.3 is 0 Å². The highest BCUT2D eigenvalue weighted by Crippen LogP contribution is 2.24. The second-order valence-corrected chi connectivity index (χ2v) is 7.89. The number of nitrogens with one attached hydrogen (secondary N) is 1. The van der Waals surface area contributed by atoms with E-state index in [9.17, 15) is 8.42 Å². The average Bonchev–Trinajstić information content (AvgIpc) is 3.00. The highest BCUT2D eigenvalue weighted by atomic mass is 32.2. The molecule has 0 aliphatic rings. The molecule has 2 aromatic carbocycles. The average molecular weight is 386 g/mol. The molecule has 0 radical (unpaired) electrons. The predicted molar refractivity (Wildman–Crippen MR) is 103 cm³/mol. The van der Waals surface area contributed by atoms with E-state index in [4.69, 9.17) is 9.15 Å². The number of rotatable bonds is 7. The second kappa shape index (κ2) is 7.94. The van der Waals surface area contributed by atoms with E-state index in [1.807, 2.05) is 31.2 Å². The molecule has 6 nitrogen and oxygen atoms in total. The first-order valence-electron chi connectivity index (χ1n) is 8.57. The summed E-state index contributed by atoms with van der Waals surface area (Å²) in [4.78, 5) is 4.54. The number of sulfonamides is 1. The Labute approximate surface area is 159 Å². The topological polar surface area (TPSA) is 81.4 Å². The number of aryl methyl sites for hydroxylation is 2. The van der Waals surface area contributed by atoms with Crippen LogP contribution in [0.3, 0.4) is 0 Å². The molecule has 0 amide bonds. The van der Waals surface area contributed by atoms with Crippen molar-refractivity contribution in [1.82, 2.24) is 9.71 Å². The van der Waals surface area contributed by atoms with E-state index < -0.39 is 10.0 Å². The molecule has 0 aliphatic carbocycles. The molecule has 3 aromatic rings. The van der Waals surface area contributed by atoms with E-state index in [-0.39, 0.29) is 11.4 Å². The van der Waals surface area contributed by atoms with Gasteiger partial charge in [-0.2, -0.15) is 0 Å². The zero-order chi connectivity index (χ0) is 19.4. The summed E-state index contributed by atoms with van der Waals surface area (Å²) in [6.07, 6.45) is 0.540. The molecule has 1 aromatic heterocycles. The third kappa shape index (κ3) is 4.37. The number of para-hydroxylation sites is 1. The fraction of sp³-hybridized carbons (Fsp3) is 0.250. The van der Waals surface area contributed by atoms with Crippen molar-refractivity contribution in [2.24, 2.45) is 0 Å². The maximum atomic E-state index is 12.5. The van der Waals surface area contributed by atoms with Crippen molar-refractivity contribution in [3.05, 3.63) is 65.7 Å². The van der Waals surface area contributed by atoms with Gasteiger partial charge in [-0.15, -0.1) is 0 Å². The normalized spacial score (nSPS) is 11.5. The van der Waals surface area contributed by atoms with Crippen molar-refractivity contribution in [2.75, 3.05) is 13.7 Å². The third-order valence-electron chi connectivity index (χ3n) is 4.22. The van der Waals surface area contributed by atoms with Crippen LogP contribution in [0.25, 0.3) is 11.3 Å². The Morgan fingerprint density at radius 3 is 2.41 bits per heavy atom. The van der Waals surface area contributed by atoms with Gasteiger partial charge in [0.25, 0.3) is 0 Å². The molecule has 142 valence electrons. The summed E-state index contributed by atoms with van der Waals surface area (Å²) in [5.74, 6) is 2.04. The largest absolute Gasteiger partial charge is 0.496 e. The van der Waals surface area contributed by atoms with Crippen LogP contribution in [0.5, 0.6) is 5.75 Å². The van der Waals surface area contributed by atoms with E-state index >= 15 is 0 Å². The lowest BCUT2D eigenvalue weighted by atomic mass is 10.1. The summed E-state index contributed by atoms with van der Waals surface area (Å²) in [5.41, 5.74) is 2.49. The quantitative estimate of drug-likeness (QED) is 0.672. The van der Waals surface area contributed by atoms with Crippen molar-refractivity contribution in [2.45, 2.75) is 25.2 Å². The number of aromatic nitrogens is 1. The van der Waals surface area contributed by atoms with E-state index in [1.54, 1.807) is 38.3 Å². The second-order valence-electron chi connectivity index (χ2n) is 6.12. The SMILES string of the molecule is COc1ccccc1CCNS(=O)(=O)c1ccc(-c2nc(C)oc2C)cc1. The number of oxazole rings is 1. The lowest BCUT2D eigenvalue weighted by molar-refractivity contribution is 0.409. The molecule has 0 aliphatic heterocycles. The van der Waals surface area contributed by atoms with E-state index in [0.29, 0.717) is 18.1 Å². The van der Waals surface area contributed by atoms with Crippen LogP contribution in [-0.4, -0.2) is 27.1 Å². The van der Waals surface area contributed by atoms with Gasteiger partial charge in [0, 0.05) is 19.0 Å². The van der Waals surface area contributed by atoms with Crippen LogP contribution in [0, 0.1) is 13.8 Å². The molecule has 3 rings (SSSR count). The number of hydrogen-bond acceptors (Lipinski definition) is 5. The van der Waals surface area contributed by atoms with Crippen LogP contribution in [0.2, 0.25) is 0 Å². The standard InChI is InChI=1S/C20H22N2O4S/c1-14-20(22-15(2)26-14)17-8-10-18(11-9-17)27(23,24)21-13-12-16-6-4-5-7-19(16)25-3/h4-11,21H,12-13H2,1-3H3. The van der Waals surface area contributed by atoms with Gasteiger partial charge in [0.2, 0.25) is 10.0 Å². The Kier molecular flexibility index (Phi) is 5.62. The monoisotopic (exact) mass is 386 g/mol. The van der Waals surface area contributed by atoms with Gasteiger partial charge in [0.1, 0.15) is 17.2 Å². The first-order valence-corrected chi connectivity index (χ1v) is 10.0. The molecule has 1 N–H and O–H groups in total. The van der Waals surface area contributed by atoms with Crippen molar-refractivity contribution < 1.29 is 17.6 Å². The van der Waals surface area contributed by atoms with Gasteiger partial charge in [0.15, 0.2) is 5.89 Å². The van der Waals surface area contributed by atoms with Gasteiger partial charge in [-0.05, 0) is 37.1 Å². The minimum Gasteiger partial charge on any atom is -0.496 e. The number of methoxy groups -OCH3 is 1. The summed E-state index contributed by atoms with van der Waals surface area (Å²) in [7, 11) is -1.99. The van der Waals surface area contributed by atoms with E-state index in [0.717, 1.165) is 22.6 Å². The molecule has 7 heteroatoms. The maximum Gasteiger partial charge on any atom is 0.240 e. The lowest BCUT2D eigenvalue weighted by Crippen LogP contribution is -2.26. The Balaban J connectivity index is 1.69. The van der Waals surface area contributed by atoms with Gasteiger partial charge in [0.05, 0.1) is 12.0 Å². The zero-order valence-electron chi connectivity index (χ0n) is 15.5. The highest BCUT2D eigenvalue weighted by Gasteiger charge is 2.15. The van der Waals surface area contributed by atoms with Crippen LogP contribution in [0.1, 0.15) is 17.2 Å². The first-order chi connectivity index (χ1) is 12.9. The molecule has 0 unspecified atom stereocenters. The first kappa shape index (κ1) is 19.1. The molecule has 0 saturated heterocycles. The van der Waals surface area contributed by atoms with Gasteiger partial charge in [-0.25, -0.2) is 18.1 Å². The van der Waals surface area contributed by atoms with E-state index in [1.165, 1.54) is 0 Å². The van der Waals surface area contributed by atoms with Crippen molar-refractivity contribution in [3.8, 4) is 17.0 Å². The van der Waals surface area contributed by atoms with Gasteiger partial charge in [-0.3, -0.25) is 0 Å². The molecule has 0 atom stereocenters. The summed E-state index contributed by atoms with van der Waals surface area (Å²) in [6, 6.07) is 14.2. The molecule has 0 spiro atoms. The fourth-order valence-electron chi connectivity index (χ4n) is 2.90. The Morgan fingerprint density at radius 1 is 1.07 bits per heavy atom. The number of nitrogens with zero attached hydrogens (tertiary/aromatic N) is 1. The maximum absolute atomic E-state index is 12.5.